The average Bonchev–Trinajstić information content (AvgIpc) is 2.66. The van der Waals surface area contributed by atoms with Crippen molar-refractivity contribution in [2.75, 3.05) is 18.8 Å². The maximum Gasteiger partial charge on any atom is 0.243 e. The van der Waals surface area contributed by atoms with Gasteiger partial charge in [0.15, 0.2) is 0 Å². The van der Waals surface area contributed by atoms with E-state index in [-0.39, 0.29) is 16.1 Å². The summed E-state index contributed by atoms with van der Waals surface area (Å²) in [6.07, 6.45) is 0. The van der Waals surface area contributed by atoms with E-state index in [0.717, 1.165) is 6.07 Å². The number of hydrogen-bond donors (Lipinski definition) is 1. The van der Waals surface area contributed by atoms with E-state index in [1.165, 1.54) is 17.3 Å². The molecule has 0 radical (unpaired) electrons. The third-order valence-corrected chi connectivity index (χ3v) is 5.76. The van der Waals surface area contributed by atoms with Crippen molar-refractivity contribution in [1.29, 1.82) is 0 Å². The van der Waals surface area contributed by atoms with Crippen molar-refractivity contribution < 1.29 is 12.8 Å². The molecule has 0 bridgehead atoms. The number of halogens is 1. The molecule has 1 aromatic rings. The molecule has 2 atom stereocenters. The highest BCUT2D eigenvalue weighted by molar-refractivity contribution is 7.89. The summed E-state index contributed by atoms with van der Waals surface area (Å²) in [7, 11) is -3.65. The van der Waals surface area contributed by atoms with Crippen LogP contribution in [0.15, 0.2) is 17.0 Å². The van der Waals surface area contributed by atoms with Crippen molar-refractivity contribution in [3.63, 3.8) is 0 Å². The summed E-state index contributed by atoms with van der Waals surface area (Å²) >= 11 is 0. The normalized spacial score (nSPS) is 24.8. The molecule has 4 nitrogen and oxygen atoms in total. The number of hydrogen-bond acceptors (Lipinski definition) is 3. The third-order valence-electron chi connectivity index (χ3n) is 3.95. The van der Waals surface area contributed by atoms with Crippen LogP contribution in [0.5, 0.6) is 0 Å². The topological polar surface area (TPSA) is 63.4 Å². The number of nitrogens with zero attached hydrogens (tertiary/aromatic N) is 1. The number of sulfonamides is 1. The maximum atomic E-state index is 13.6. The van der Waals surface area contributed by atoms with Gasteiger partial charge in [-0.2, -0.15) is 4.31 Å². The fraction of sp³-hybridized carbons (Fsp3) is 0.538. The van der Waals surface area contributed by atoms with Gasteiger partial charge in [-0.25, -0.2) is 12.8 Å². The van der Waals surface area contributed by atoms with Gasteiger partial charge >= 0.3 is 0 Å². The molecule has 0 spiro atoms. The Morgan fingerprint density at radius 1 is 1.26 bits per heavy atom. The van der Waals surface area contributed by atoms with Gasteiger partial charge in [-0.05, 0) is 30.9 Å². The largest absolute Gasteiger partial charge is 0.398 e. The van der Waals surface area contributed by atoms with E-state index in [1.807, 2.05) is 13.8 Å². The highest BCUT2D eigenvalue weighted by Gasteiger charge is 2.35. The van der Waals surface area contributed by atoms with Crippen molar-refractivity contribution in [3.8, 4) is 0 Å². The molecule has 1 fully saturated rings. The van der Waals surface area contributed by atoms with Crippen molar-refractivity contribution >= 4 is 15.7 Å². The van der Waals surface area contributed by atoms with Gasteiger partial charge in [-0.1, -0.05) is 13.8 Å². The summed E-state index contributed by atoms with van der Waals surface area (Å²) in [5.74, 6) is 0.0312. The summed E-state index contributed by atoms with van der Waals surface area (Å²) in [5.41, 5.74) is 6.09. The van der Waals surface area contributed by atoms with E-state index in [2.05, 4.69) is 0 Å². The molecule has 1 heterocycles. The van der Waals surface area contributed by atoms with Crippen molar-refractivity contribution in [2.24, 2.45) is 11.8 Å². The predicted octanol–water partition coefficient (Wildman–Crippen LogP) is 1.99. The van der Waals surface area contributed by atoms with Crippen LogP contribution in [0.3, 0.4) is 0 Å². The Balaban J connectivity index is 2.41. The lowest BCUT2D eigenvalue weighted by molar-refractivity contribution is 0.462. The van der Waals surface area contributed by atoms with Gasteiger partial charge in [0.2, 0.25) is 10.0 Å². The molecule has 1 saturated heterocycles. The number of anilines is 1. The first-order valence-corrected chi connectivity index (χ1v) is 7.73. The lowest BCUT2D eigenvalue weighted by Crippen LogP contribution is -2.29. The molecule has 0 saturated carbocycles. The second-order valence-corrected chi connectivity index (χ2v) is 7.33. The minimum atomic E-state index is -3.65. The predicted molar refractivity (Wildman–Crippen MR) is 72.6 cm³/mol. The quantitative estimate of drug-likeness (QED) is 0.846. The Morgan fingerprint density at radius 2 is 1.79 bits per heavy atom. The van der Waals surface area contributed by atoms with Crippen LogP contribution < -0.4 is 5.73 Å². The fourth-order valence-electron chi connectivity index (χ4n) is 2.25. The molecule has 1 aliphatic rings. The van der Waals surface area contributed by atoms with Crippen LogP contribution in [0, 0.1) is 24.6 Å². The Labute approximate surface area is 113 Å². The highest BCUT2D eigenvalue weighted by atomic mass is 32.2. The molecular formula is C13H19FN2O2S. The molecule has 106 valence electrons. The molecule has 6 heteroatoms. The standard InChI is InChI=1S/C13H19FN2O2S/c1-8-6-16(7-9(8)2)19(17,18)11-4-12(14)10(3)13(15)5-11/h4-5,8-9H,6-7,15H2,1-3H3. The van der Waals surface area contributed by atoms with Crippen LogP contribution in [0.4, 0.5) is 10.1 Å². The van der Waals surface area contributed by atoms with E-state index < -0.39 is 15.8 Å². The minimum Gasteiger partial charge on any atom is -0.398 e. The first-order chi connectivity index (χ1) is 8.73. The van der Waals surface area contributed by atoms with Crippen LogP contribution in [0.25, 0.3) is 0 Å². The summed E-state index contributed by atoms with van der Waals surface area (Å²) in [6.45, 7) is 6.51. The zero-order valence-electron chi connectivity index (χ0n) is 11.4. The monoisotopic (exact) mass is 286 g/mol. The average molecular weight is 286 g/mol. The number of nitrogen functional groups attached to an aromatic ring is 1. The SMILES string of the molecule is Cc1c(N)cc(S(=O)(=O)N2CC(C)C(C)C2)cc1F. The minimum absolute atomic E-state index is 0.0607. The van der Waals surface area contributed by atoms with Gasteiger partial charge < -0.3 is 5.73 Å². The Morgan fingerprint density at radius 3 is 2.26 bits per heavy atom. The zero-order chi connectivity index (χ0) is 14.4. The molecule has 1 aliphatic heterocycles. The Kier molecular flexibility index (Phi) is 3.57. The zero-order valence-corrected chi connectivity index (χ0v) is 12.2. The van der Waals surface area contributed by atoms with Crippen LogP contribution in [0.2, 0.25) is 0 Å². The number of benzene rings is 1. The molecule has 2 unspecified atom stereocenters. The third kappa shape index (κ3) is 2.47. The Bertz CT molecular complexity index is 568. The van der Waals surface area contributed by atoms with E-state index >= 15 is 0 Å². The summed E-state index contributed by atoms with van der Waals surface area (Å²) < 4.78 is 39.9. The van der Waals surface area contributed by atoms with Gasteiger partial charge in [0, 0.05) is 24.3 Å². The second-order valence-electron chi connectivity index (χ2n) is 5.40. The lowest BCUT2D eigenvalue weighted by Gasteiger charge is -2.17. The summed E-state index contributed by atoms with van der Waals surface area (Å²) in [5, 5.41) is 0. The van der Waals surface area contributed by atoms with Gasteiger partial charge in [0.05, 0.1) is 4.90 Å². The van der Waals surface area contributed by atoms with Crippen molar-refractivity contribution in [2.45, 2.75) is 25.7 Å². The Hall–Kier alpha value is -1.14. The highest BCUT2D eigenvalue weighted by Crippen LogP contribution is 2.30. The molecule has 2 rings (SSSR count). The van der Waals surface area contributed by atoms with E-state index in [9.17, 15) is 12.8 Å². The first kappa shape index (κ1) is 14.3. The van der Waals surface area contributed by atoms with Crippen LogP contribution in [-0.2, 0) is 10.0 Å². The van der Waals surface area contributed by atoms with Crippen LogP contribution >= 0.6 is 0 Å². The van der Waals surface area contributed by atoms with Crippen LogP contribution in [-0.4, -0.2) is 25.8 Å². The van der Waals surface area contributed by atoms with E-state index in [4.69, 9.17) is 5.73 Å². The van der Waals surface area contributed by atoms with Gasteiger partial charge in [0.1, 0.15) is 5.82 Å². The van der Waals surface area contributed by atoms with Gasteiger partial charge in [0.25, 0.3) is 0 Å². The first-order valence-electron chi connectivity index (χ1n) is 6.29. The molecular weight excluding hydrogens is 267 g/mol. The van der Waals surface area contributed by atoms with Crippen molar-refractivity contribution in [1.82, 2.24) is 4.31 Å². The maximum absolute atomic E-state index is 13.6. The second kappa shape index (κ2) is 4.76. The fourth-order valence-corrected chi connectivity index (χ4v) is 3.93. The number of rotatable bonds is 2. The van der Waals surface area contributed by atoms with Crippen LogP contribution in [0.1, 0.15) is 19.4 Å². The molecule has 1 aromatic carbocycles. The molecule has 0 aliphatic carbocycles. The van der Waals surface area contributed by atoms with Gasteiger partial charge in [-0.15, -0.1) is 0 Å². The molecule has 2 N–H and O–H groups in total. The molecule has 0 amide bonds. The van der Waals surface area contributed by atoms with E-state index in [1.54, 1.807) is 0 Å². The smallest absolute Gasteiger partial charge is 0.243 e. The van der Waals surface area contributed by atoms with E-state index in [0.29, 0.717) is 24.9 Å². The lowest BCUT2D eigenvalue weighted by atomic mass is 10.0. The van der Waals surface area contributed by atoms with Crippen molar-refractivity contribution in [3.05, 3.63) is 23.5 Å². The number of nitrogens with two attached hydrogens (primary N) is 1. The van der Waals surface area contributed by atoms with Gasteiger partial charge in [-0.3, -0.25) is 0 Å². The molecule has 0 aromatic heterocycles. The summed E-state index contributed by atoms with van der Waals surface area (Å²) in [6, 6.07) is 2.39. The summed E-state index contributed by atoms with van der Waals surface area (Å²) in [4.78, 5) is -0.0607. The molecule has 19 heavy (non-hydrogen) atoms.